The highest BCUT2D eigenvalue weighted by molar-refractivity contribution is 9.10. The van der Waals surface area contributed by atoms with Crippen molar-refractivity contribution in [2.45, 2.75) is 26.4 Å². The zero-order chi connectivity index (χ0) is 13.1. The molecule has 1 aromatic heterocycles. The number of rotatable bonds is 4. The lowest BCUT2D eigenvalue weighted by Crippen LogP contribution is -1.97. The number of halogens is 2. The Morgan fingerprint density at radius 3 is 2.89 bits per heavy atom. The fourth-order valence-electron chi connectivity index (χ4n) is 1.39. The Balaban J connectivity index is 2.04. The standard InChI is InChI=1S/C13H13BrFNOS/c1-8(2)13-16-10(7-18-13)6-17-12-5-9(15)3-4-11(12)14/h3-5,7-8H,6H2,1-2H3. The maximum atomic E-state index is 13.1. The summed E-state index contributed by atoms with van der Waals surface area (Å²) in [4.78, 5) is 4.46. The molecule has 0 saturated carbocycles. The minimum Gasteiger partial charge on any atom is -0.486 e. The molecule has 0 aliphatic heterocycles. The molecular formula is C13H13BrFNOS. The second-order valence-electron chi connectivity index (χ2n) is 4.20. The lowest BCUT2D eigenvalue weighted by Gasteiger charge is -2.06. The number of thiazole rings is 1. The van der Waals surface area contributed by atoms with Crippen molar-refractivity contribution in [2.75, 3.05) is 0 Å². The molecule has 0 atom stereocenters. The van der Waals surface area contributed by atoms with E-state index in [0.29, 0.717) is 18.3 Å². The van der Waals surface area contributed by atoms with Gasteiger partial charge in [0.25, 0.3) is 0 Å². The van der Waals surface area contributed by atoms with Crippen LogP contribution >= 0.6 is 27.3 Å². The van der Waals surface area contributed by atoms with Crippen LogP contribution in [0.5, 0.6) is 5.75 Å². The van der Waals surface area contributed by atoms with Crippen LogP contribution in [0, 0.1) is 5.82 Å². The highest BCUT2D eigenvalue weighted by atomic mass is 79.9. The average molecular weight is 330 g/mol. The molecule has 0 saturated heterocycles. The summed E-state index contributed by atoms with van der Waals surface area (Å²) in [7, 11) is 0. The summed E-state index contributed by atoms with van der Waals surface area (Å²) in [5, 5.41) is 3.06. The molecule has 0 unspecified atom stereocenters. The Hall–Kier alpha value is -0.940. The van der Waals surface area contributed by atoms with Gasteiger partial charge in [0, 0.05) is 17.4 Å². The first-order valence-corrected chi connectivity index (χ1v) is 7.25. The fraction of sp³-hybridized carbons (Fsp3) is 0.308. The van der Waals surface area contributed by atoms with Gasteiger partial charge in [0.1, 0.15) is 18.2 Å². The SMILES string of the molecule is CC(C)c1nc(COc2cc(F)ccc2Br)cs1. The fourth-order valence-corrected chi connectivity index (χ4v) is 2.57. The van der Waals surface area contributed by atoms with E-state index in [2.05, 4.69) is 34.8 Å². The van der Waals surface area contributed by atoms with E-state index in [9.17, 15) is 4.39 Å². The third-order valence-electron chi connectivity index (χ3n) is 2.33. The van der Waals surface area contributed by atoms with E-state index in [1.165, 1.54) is 12.1 Å². The van der Waals surface area contributed by atoms with Crippen LogP contribution in [0.15, 0.2) is 28.1 Å². The zero-order valence-corrected chi connectivity index (χ0v) is 12.5. The minimum absolute atomic E-state index is 0.311. The zero-order valence-electron chi connectivity index (χ0n) is 10.1. The van der Waals surface area contributed by atoms with Gasteiger partial charge in [-0.3, -0.25) is 0 Å². The van der Waals surface area contributed by atoms with Gasteiger partial charge in [-0.1, -0.05) is 13.8 Å². The summed E-state index contributed by atoms with van der Waals surface area (Å²) in [6.07, 6.45) is 0. The normalized spacial score (nSPS) is 10.9. The van der Waals surface area contributed by atoms with Crippen LogP contribution in [0.4, 0.5) is 4.39 Å². The van der Waals surface area contributed by atoms with Crippen LogP contribution < -0.4 is 4.74 Å². The van der Waals surface area contributed by atoms with E-state index in [1.54, 1.807) is 17.4 Å². The van der Waals surface area contributed by atoms with E-state index in [0.717, 1.165) is 15.2 Å². The molecule has 2 aromatic rings. The van der Waals surface area contributed by atoms with E-state index in [-0.39, 0.29) is 5.82 Å². The summed E-state index contributed by atoms with van der Waals surface area (Å²) in [5.74, 6) is 0.605. The van der Waals surface area contributed by atoms with Gasteiger partial charge < -0.3 is 4.74 Å². The van der Waals surface area contributed by atoms with Gasteiger partial charge in [-0.25, -0.2) is 9.37 Å². The molecule has 1 aromatic carbocycles. The minimum atomic E-state index is -0.311. The van der Waals surface area contributed by atoms with Gasteiger partial charge in [-0.05, 0) is 28.1 Å². The van der Waals surface area contributed by atoms with Gasteiger partial charge in [-0.15, -0.1) is 11.3 Å². The van der Waals surface area contributed by atoms with E-state index in [1.807, 2.05) is 5.38 Å². The van der Waals surface area contributed by atoms with Crippen molar-refractivity contribution in [3.05, 3.63) is 44.6 Å². The molecule has 18 heavy (non-hydrogen) atoms. The first kappa shape index (κ1) is 13.5. The Bertz CT molecular complexity index is 542. The van der Waals surface area contributed by atoms with Gasteiger partial charge in [-0.2, -0.15) is 0 Å². The molecule has 0 bridgehead atoms. The van der Waals surface area contributed by atoms with Gasteiger partial charge in [0.15, 0.2) is 0 Å². The largest absolute Gasteiger partial charge is 0.486 e. The average Bonchev–Trinajstić information content (AvgIpc) is 2.79. The Morgan fingerprint density at radius 2 is 2.22 bits per heavy atom. The predicted octanol–water partition coefficient (Wildman–Crippen LogP) is 4.75. The van der Waals surface area contributed by atoms with Crippen molar-refractivity contribution in [2.24, 2.45) is 0 Å². The second kappa shape index (κ2) is 5.80. The molecule has 0 amide bonds. The van der Waals surface area contributed by atoms with Crippen molar-refractivity contribution in [1.29, 1.82) is 0 Å². The summed E-state index contributed by atoms with van der Waals surface area (Å²) in [5.41, 5.74) is 0.875. The number of ether oxygens (including phenoxy) is 1. The molecule has 1 heterocycles. The van der Waals surface area contributed by atoms with Crippen LogP contribution in [-0.4, -0.2) is 4.98 Å². The Morgan fingerprint density at radius 1 is 1.44 bits per heavy atom. The molecule has 0 aliphatic rings. The lowest BCUT2D eigenvalue weighted by atomic mass is 10.2. The first-order valence-electron chi connectivity index (χ1n) is 5.58. The van der Waals surface area contributed by atoms with Crippen LogP contribution in [0.2, 0.25) is 0 Å². The topological polar surface area (TPSA) is 22.1 Å². The van der Waals surface area contributed by atoms with Crippen molar-refractivity contribution in [1.82, 2.24) is 4.98 Å². The number of aromatic nitrogens is 1. The van der Waals surface area contributed by atoms with E-state index < -0.39 is 0 Å². The number of hydrogen-bond donors (Lipinski definition) is 0. The van der Waals surface area contributed by atoms with Crippen molar-refractivity contribution in [3.8, 4) is 5.75 Å². The van der Waals surface area contributed by atoms with Gasteiger partial charge >= 0.3 is 0 Å². The molecule has 2 nitrogen and oxygen atoms in total. The van der Waals surface area contributed by atoms with Crippen LogP contribution in [0.1, 0.15) is 30.5 Å². The van der Waals surface area contributed by atoms with Crippen LogP contribution in [0.3, 0.4) is 0 Å². The molecule has 0 radical (unpaired) electrons. The third-order valence-corrected chi connectivity index (χ3v) is 4.18. The number of nitrogens with zero attached hydrogens (tertiary/aromatic N) is 1. The van der Waals surface area contributed by atoms with E-state index >= 15 is 0 Å². The first-order chi connectivity index (χ1) is 8.56. The Labute approximate surface area is 118 Å². The molecule has 0 fully saturated rings. The van der Waals surface area contributed by atoms with Gasteiger partial charge in [0.05, 0.1) is 15.2 Å². The number of benzene rings is 1. The summed E-state index contributed by atoms with van der Waals surface area (Å²) in [6.45, 7) is 4.56. The second-order valence-corrected chi connectivity index (χ2v) is 5.94. The molecular weight excluding hydrogens is 317 g/mol. The summed E-state index contributed by atoms with van der Waals surface area (Å²) >= 11 is 4.95. The maximum Gasteiger partial charge on any atom is 0.136 e. The third kappa shape index (κ3) is 3.29. The molecule has 5 heteroatoms. The smallest absolute Gasteiger partial charge is 0.136 e. The molecule has 0 N–H and O–H groups in total. The van der Waals surface area contributed by atoms with Crippen molar-refractivity contribution < 1.29 is 9.13 Å². The molecule has 2 rings (SSSR count). The van der Waals surface area contributed by atoms with Crippen LogP contribution in [0.25, 0.3) is 0 Å². The molecule has 96 valence electrons. The molecule has 0 spiro atoms. The maximum absolute atomic E-state index is 13.1. The highest BCUT2D eigenvalue weighted by Gasteiger charge is 2.08. The Kier molecular flexibility index (Phi) is 4.35. The monoisotopic (exact) mass is 329 g/mol. The lowest BCUT2D eigenvalue weighted by molar-refractivity contribution is 0.298. The van der Waals surface area contributed by atoms with Gasteiger partial charge in [0.2, 0.25) is 0 Å². The number of hydrogen-bond acceptors (Lipinski definition) is 3. The highest BCUT2D eigenvalue weighted by Crippen LogP contribution is 2.27. The van der Waals surface area contributed by atoms with Crippen molar-refractivity contribution >= 4 is 27.3 Å². The van der Waals surface area contributed by atoms with E-state index in [4.69, 9.17) is 4.74 Å². The van der Waals surface area contributed by atoms with Crippen molar-refractivity contribution in [3.63, 3.8) is 0 Å². The molecule has 0 aliphatic carbocycles. The summed E-state index contributed by atoms with van der Waals surface area (Å²) in [6, 6.07) is 4.38. The summed E-state index contributed by atoms with van der Waals surface area (Å²) < 4.78 is 19.4. The predicted molar refractivity (Wildman–Crippen MR) is 74.6 cm³/mol. The quantitative estimate of drug-likeness (QED) is 0.807. The van der Waals surface area contributed by atoms with Crippen LogP contribution in [-0.2, 0) is 6.61 Å².